The predicted molar refractivity (Wildman–Crippen MR) is 94.0 cm³/mol. The van der Waals surface area contributed by atoms with Gasteiger partial charge in [-0.3, -0.25) is 4.98 Å². The van der Waals surface area contributed by atoms with Crippen molar-refractivity contribution in [3.63, 3.8) is 0 Å². The lowest BCUT2D eigenvalue weighted by molar-refractivity contribution is 0.149. The Morgan fingerprint density at radius 1 is 1.33 bits per heavy atom. The summed E-state index contributed by atoms with van der Waals surface area (Å²) in [6, 6.07) is 2.29. The lowest BCUT2D eigenvalue weighted by Crippen LogP contribution is -2.48. The minimum Gasteiger partial charge on any atom is -0.495 e. The summed E-state index contributed by atoms with van der Waals surface area (Å²) in [4.78, 5) is 19.1. The first-order valence-electron chi connectivity index (χ1n) is 9.24. The molecule has 2 saturated carbocycles. The number of nitrogens with zero attached hydrogens (tertiary/aromatic N) is 2. The molecule has 2 amide bonds. The highest BCUT2D eigenvalue weighted by molar-refractivity contribution is 5.75. The zero-order valence-corrected chi connectivity index (χ0v) is 14.8. The summed E-state index contributed by atoms with van der Waals surface area (Å²) in [5, 5.41) is 3.18. The van der Waals surface area contributed by atoms with Gasteiger partial charge >= 0.3 is 6.03 Å². The molecule has 1 atom stereocenters. The third kappa shape index (κ3) is 4.19. The molecule has 5 nitrogen and oxygen atoms in total. The van der Waals surface area contributed by atoms with E-state index in [9.17, 15) is 4.79 Å². The Kier molecular flexibility index (Phi) is 5.59. The van der Waals surface area contributed by atoms with Crippen LogP contribution < -0.4 is 10.1 Å². The van der Waals surface area contributed by atoms with Crippen molar-refractivity contribution < 1.29 is 9.53 Å². The van der Waals surface area contributed by atoms with Gasteiger partial charge in [0.25, 0.3) is 0 Å². The topological polar surface area (TPSA) is 54.5 Å². The maximum absolute atomic E-state index is 12.9. The number of nitrogens with one attached hydrogen (secondary N) is 1. The molecule has 2 aliphatic carbocycles. The summed E-state index contributed by atoms with van der Waals surface area (Å²) < 4.78 is 5.37. The number of rotatable bonds is 6. The van der Waals surface area contributed by atoms with E-state index in [1.807, 2.05) is 13.0 Å². The maximum atomic E-state index is 12.9. The van der Waals surface area contributed by atoms with E-state index in [2.05, 4.69) is 15.2 Å². The molecule has 1 aromatic rings. The first-order chi connectivity index (χ1) is 11.7. The molecule has 1 aromatic heterocycles. The van der Waals surface area contributed by atoms with Crippen molar-refractivity contribution in [2.75, 3.05) is 13.7 Å². The van der Waals surface area contributed by atoms with Crippen molar-refractivity contribution in [1.29, 1.82) is 0 Å². The van der Waals surface area contributed by atoms with E-state index < -0.39 is 0 Å². The van der Waals surface area contributed by atoms with Gasteiger partial charge in [-0.1, -0.05) is 19.3 Å². The summed E-state index contributed by atoms with van der Waals surface area (Å²) >= 11 is 0. The summed E-state index contributed by atoms with van der Waals surface area (Å²) in [6.07, 6.45) is 12.1. The van der Waals surface area contributed by atoms with Crippen LogP contribution in [0.25, 0.3) is 0 Å². The number of carbonyl (C=O) groups is 1. The fraction of sp³-hybridized carbons (Fsp3) is 0.684. The van der Waals surface area contributed by atoms with Crippen LogP contribution in [-0.4, -0.2) is 35.6 Å². The van der Waals surface area contributed by atoms with Gasteiger partial charge in [0.05, 0.1) is 19.3 Å². The van der Waals surface area contributed by atoms with Crippen LogP contribution in [0, 0.1) is 5.92 Å². The molecule has 2 fully saturated rings. The molecule has 0 spiro atoms. The number of carbonyl (C=O) groups excluding carboxylic acids is 1. The normalized spacial score (nSPS) is 19.6. The Labute approximate surface area is 144 Å². The number of hydrogen-bond donors (Lipinski definition) is 1. The molecular formula is C19H29N3O2. The average molecular weight is 331 g/mol. The highest BCUT2D eigenvalue weighted by Crippen LogP contribution is 2.33. The van der Waals surface area contributed by atoms with E-state index in [0.717, 1.165) is 30.7 Å². The Balaban J connectivity index is 1.67. The van der Waals surface area contributed by atoms with E-state index in [-0.39, 0.29) is 12.1 Å². The van der Waals surface area contributed by atoms with E-state index in [1.165, 1.54) is 32.1 Å². The van der Waals surface area contributed by atoms with E-state index in [1.54, 1.807) is 19.5 Å². The van der Waals surface area contributed by atoms with Crippen LogP contribution in [0.15, 0.2) is 18.5 Å². The summed E-state index contributed by atoms with van der Waals surface area (Å²) in [6.45, 7) is 2.92. The van der Waals surface area contributed by atoms with Gasteiger partial charge in [0, 0.05) is 24.3 Å². The summed E-state index contributed by atoms with van der Waals surface area (Å²) in [5.41, 5.74) is 0.968. The molecule has 24 heavy (non-hydrogen) atoms. The Bertz CT molecular complexity index is 553. The number of aromatic nitrogens is 1. The molecule has 0 bridgehead atoms. The molecule has 2 aliphatic rings. The minimum atomic E-state index is -0.0965. The molecule has 132 valence electrons. The molecule has 0 aromatic carbocycles. The second kappa shape index (κ2) is 7.86. The van der Waals surface area contributed by atoms with Gasteiger partial charge in [-0.2, -0.15) is 0 Å². The fourth-order valence-corrected chi connectivity index (χ4v) is 3.63. The highest BCUT2D eigenvalue weighted by Gasteiger charge is 2.32. The molecular weight excluding hydrogens is 302 g/mol. The first-order valence-corrected chi connectivity index (χ1v) is 9.24. The summed E-state index contributed by atoms with van der Waals surface area (Å²) in [7, 11) is 1.64. The van der Waals surface area contributed by atoms with Crippen LogP contribution in [0.4, 0.5) is 4.79 Å². The number of ether oxygens (including phenoxy) is 1. The van der Waals surface area contributed by atoms with Crippen LogP contribution in [-0.2, 0) is 0 Å². The van der Waals surface area contributed by atoms with Crippen molar-refractivity contribution in [3.8, 4) is 5.75 Å². The van der Waals surface area contributed by atoms with Gasteiger partial charge in [0.2, 0.25) is 0 Å². The third-order valence-electron chi connectivity index (χ3n) is 5.27. The SMILES string of the molecule is COc1cnccc1C(C)NC(=O)N(CC1CC1)C1CCCCC1. The molecule has 0 aliphatic heterocycles. The van der Waals surface area contributed by atoms with Crippen molar-refractivity contribution in [1.82, 2.24) is 15.2 Å². The van der Waals surface area contributed by atoms with Crippen molar-refractivity contribution >= 4 is 6.03 Å². The lowest BCUT2D eigenvalue weighted by atomic mass is 9.94. The molecule has 1 heterocycles. The van der Waals surface area contributed by atoms with Crippen LogP contribution in [0.5, 0.6) is 5.75 Å². The number of pyridine rings is 1. The van der Waals surface area contributed by atoms with Gasteiger partial charge in [-0.15, -0.1) is 0 Å². The molecule has 1 N–H and O–H groups in total. The highest BCUT2D eigenvalue weighted by atomic mass is 16.5. The zero-order valence-electron chi connectivity index (χ0n) is 14.8. The van der Waals surface area contributed by atoms with E-state index in [4.69, 9.17) is 4.74 Å². The van der Waals surface area contributed by atoms with E-state index in [0.29, 0.717) is 12.0 Å². The maximum Gasteiger partial charge on any atom is 0.318 e. The summed E-state index contributed by atoms with van der Waals surface area (Å²) in [5.74, 6) is 1.43. The van der Waals surface area contributed by atoms with Gasteiger partial charge in [-0.05, 0) is 44.6 Å². The second-order valence-electron chi connectivity index (χ2n) is 7.18. The van der Waals surface area contributed by atoms with Gasteiger partial charge in [-0.25, -0.2) is 4.79 Å². The Morgan fingerprint density at radius 2 is 2.08 bits per heavy atom. The first kappa shape index (κ1) is 17.1. The molecule has 3 rings (SSSR count). The average Bonchev–Trinajstić information content (AvgIpc) is 3.44. The van der Waals surface area contributed by atoms with Gasteiger partial charge < -0.3 is 15.0 Å². The predicted octanol–water partition coefficient (Wildman–Crippen LogP) is 3.91. The van der Waals surface area contributed by atoms with Crippen molar-refractivity contribution in [2.45, 2.75) is 64.0 Å². The number of methoxy groups -OCH3 is 1. The Hall–Kier alpha value is -1.78. The Morgan fingerprint density at radius 3 is 2.75 bits per heavy atom. The number of hydrogen-bond acceptors (Lipinski definition) is 3. The standard InChI is InChI=1S/C19H29N3O2/c1-14(17-10-11-20-12-18(17)24-2)21-19(23)22(13-15-8-9-15)16-6-4-3-5-7-16/h10-12,14-16H,3-9,13H2,1-2H3,(H,21,23). The van der Waals surface area contributed by atoms with Crippen LogP contribution in [0.1, 0.15) is 63.5 Å². The fourth-order valence-electron chi connectivity index (χ4n) is 3.63. The molecule has 0 radical (unpaired) electrons. The van der Waals surface area contributed by atoms with Gasteiger partial charge in [0.1, 0.15) is 5.75 Å². The van der Waals surface area contributed by atoms with E-state index >= 15 is 0 Å². The van der Waals surface area contributed by atoms with Crippen molar-refractivity contribution in [3.05, 3.63) is 24.0 Å². The quantitative estimate of drug-likeness (QED) is 0.860. The van der Waals surface area contributed by atoms with Crippen LogP contribution in [0.2, 0.25) is 0 Å². The van der Waals surface area contributed by atoms with Gasteiger partial charge in [0.15, 0.2) is 0 Å². The molecule has 5 heteroatoms. The number of amides is 2. The molecule has 0 saturated heterocycles. The zero-order chi connectivity index (χ0) is 16.9. The largest absolute Gasteiger partial charge is 0.495 e. The molecule has 1 unspecified atom stereocenters. The van der Waals surface area contributed by atoms with Crippen LogP contribution in [0.3, 0.4) is 0 Å². The minimum absolute atomic E-state index is 0.0696. The smallest absolute Gasteiger partial charge is 0.318 e. The monoisotopic (exact) mass is 331 g/mol. The number of urea groups is 1. The van der Waals surface area contributed by atoms with Crippen LogP contribution >= 0.6 is 0 Å². The van der Waals surface area contributed by atoms with Crippen molar-refractivity contribution in [2.24, 2.45) is 5.92 Å². The second-order valence-corrected chi connectivity index (χ2v) is 7.18. The lowest BCUT2D eigenvalue weighted by Gasteiger charge is -2.35. The third-order valence-corrected chi connectivity index (χ3v) is 5.27.